The van der Waals surface area contributed by atoms with Crippen LogP contribution in [-0.4, -0.2) is 26.7 Å². The molecular weight excluding hydrogens is 271 g/mol. The highest BCUT2D eigenvalue weighted by Crippen LogP contribution is 2.48. The highest BCUT2D eigenvalue weighted by molar-refractivity contribution is 7.89. The summed E-state index contributed by atoms with van der Waals surface area (Å²) in [6.45, 7) is 0.332. The third-order valence-corrected chi connectivity index (χ3v) is 4.91. The van der Waals surface area contributed by atoms with Crippen molar-refractivity contribution in [2.75, 3.05) is 18.9 Å². The molecule has 1 fully saturated rings. The van der Waals surface area contributed by atoms with Gasteiger partial charge >= 0.3 is 0 Å². The summed E-state index contributed by atoms with van der Waals surface area (Å²) in [7, 11) is -3.69. The van der Waals surface area contributed by atoms with Gasteiger partial charge in [-0.15, -0.1) is 0 Å². The van der Waals surface area contributed by atoms with Crippen molar-refractivity contribution < 1.29 is 17.9 Å². The molecule has 1 aromatic rings. The van der Waals surface area contributed by atoms with Gasteiger partial charge in [0.1, 0.15) is 5.82 Å². The van der Waals surface area contributed by atoms with E-state index in [1.807, 2.05) is 0 Å². The quantitative estimate of drug-likeness (QED) is 0.677. The standard InChI is InChI=1S/C12H17FN2O3S/c13-10-2-1-9(7-11(10)14)19(17,18)15-8-12(3-4-12)5-6-16/h1-2,7,15-16H,3-6,8,14H2. The Balaban J connectivity index is 2.08. The summed E-state index contributed by atoms with van der Waals surface area (Å²) in [6, 6.07) is 3.31. The molecular formula is C12H17FN2O3S. The zero-order chi connectivity index (χ0) is 14.1. The first kappa shape index (κ1) is 14.2. The van der Waals surface area contributed by atoms with Crippen molar-refractivity contribution >= 4 is 15.7 Å². The first-order chi connectivity index (χ1) is 8.88. The summed E-state index contributed by atoms with van der Waals surface area (Å²) >= 11 is 0. The molecule has 1 aromatic carbocycles. The summed E-state index contributed by atoms with van der Waals surface area (Å²) in [5, 5.41) is 8.92. The summed E-state index contributed by atoms with van der Waals surface area (Å²) in [6.07, 6.45) is 2.39. The number of nitrogen functional groups attached to an aromatic ring is 1. The van der Waals surface area contributed by atoms with E-state index in [2.05, 4.69) is 4.72 Å². The molecule has 1 aliphatic carbocycles. The Morgan fingerprint density at radius 2 is 2.11 bits per heavy atom. The van der Waals surface area contributed by atoms with Gasteiger partial charge in [-0.05, 0) is 42.9 Å². The van der Waals surface area contributed by atoms with Crippen LogP contribution >= 0.6 is 0 Å². The first-order valence-corrected chi connectivity index (χ1v) is 7.52. The Morgan fingerprint density at radius 3 is 2.63 bits per heavy atom. The van der Waals surface area contributed by atoms with Crippen molar-refractivity contribution in [2.45, 2.75) is 24.2 Å². The molecule has 1 aliphatic rings. The third kappa shape index (κ3) is 3.23. The lowest BCUT2D eigenvalue weighted by atomic mass is 10.0. The lowest BCUT2D eigenvalue weighted by Gasteiger charge is -2.15. The molecule has 0 atom stereocenters. The molecule has 4 N–H and O–H groups in total. The van der Waals surface area contributed by atoms with Crippen LogP contribution in [-0.2, 0) is 10.0 Å². The van der Waals surface area contributed by atoms with Gasteiger partial charge < -0.3 is 10.8 Å². The summed E-state index contributed by atoms with van der Waals surface area (Å²) in [4.78, 5) is -0.0498. The lowest BCUT2D eigenvalue weighted by Crippen LogP contribution is -2.30. The predicted octanol–water partition coefficient (Wildman–Crippen LogP) is 0.849. The first-order valence-electron chi connectivity index (χ1n) is 6.04. The SMILES string of the molecule is Nc1cc(S(=O)(=O)NCC2(CCO)CC2)ccc1F. The zero-order valence-corrected chi connectivity index (χ0v) is 11.2. The number of rotatable bonds is 6. The van der Waals surface area contributed by atoms with Gasteiger partial charge in [-0.25, -0.2) is 17.5 Å². The molecule has 0 unspecified atom stereocenters. The van der Waals surface area contributed by atoms with E-state index in [0.29, 0.717) is 6.42 Å². The molecule has 106 valence electrons. The highest BCUT2D eigenvalue weighted by Gasteiger charge is 2.42. The van der Waals surface area contributed by atoms with Crippen LogP contribution in [0.5, 0.6) is 0 Å². The number of sulfonamides is 1. The monoisotopic (exact) mass is 288 g/mol. The Bertz CT molecular complexity index is 570. The van der Waals surface area contributed by atoms with Crippen LogP contribution in [0.4, 0.5) is 10.1 Å². The van der Waals surface area contributed by atoms with Crippen LogP contribution in [0.1, 0.15) is 19.3 Å². The van der Waals surface area contributed by atoms with Crippen LogP contribution in [0.2, 0.25) is 0 Å². The Labute approximate surface area is 111 Å². The van der Waals surface area contributed by atoms with E-state index >= 15 is 0 Å². The smallest absolute Gasteiger partial charge is 0.240 e. The number of aliphatic hydroxyl groups excluding tert-OH is 1. The van der Waals surface area contributed by atoms with Crippen LogP contribution in [0, 0.1) is 11.2 Å². The van der Waals surface area contributed by atoms with Gasteiger partial charge in [0.05, 0.1) is 10.6 Å². The molecule has 0 spiro atoms. The average Bonchev–Trinajstić information content (AvgIpc) is 3.11. The third-order valence-electron chi connectivity index (χ3n) is 3.51. The Hall–Kier alpha value is -1.18. The van der Waals surface area contributed by atoms with Gasteiger partial charge in [0.25, 0.3) is 0 Å². The van der Waals surface area contributed by atoms with E-state index in [1.165, 1.54) is 6.07 Å². The van der Waals surface area contributed by atoms with Gasteiger partial charge in [-0.2, -0.15) is 0 Å². The number of hydrogen-bond donors (Lipinski definition) is 3. The highest BCUT2D eigenvalue weighted by atomic mass is 32.2. The molecule has 0 heterocycles. The molecule has 19 heavy (non-hydrogen) atoms. The number of aliphatic hydroxyl groups is 1. The largest absolute Gasteiger partial charge is 0.396 e. The number of halogens is 1. The molecule has 0 aliphatic heterocycles. The van der Waals surface area contributed by atoms with Crippen LogP contribution in [0.3, 0.4) is 0 Å². The van der Waals surface area contributed by atoms with Gasteiger partial charge in [0.15, 0.2) is 0 Å². The van der Waals surface area contributed by atoms with Crippen LogP contribution in [0.15, 0.2) is 23.1 Å². The predicted molar refractivity (Wildman–Crippen MR) is 69.4 cm³/mol. The molecule has 1 saturated carbocycles. The minimum Gasteiger partial charge on any atom is -0.396 e. The minimum atomic E-state index is -3.69. The fourth-order valence-corrected chi connectivity index (χ4v) is 3.14. The maximum absolute atomic E-state index is 13.0. The van der Waals surface area contributed by atoms with Gasteiger partial charge in [0.2, 0.25) is 10.0 Å². The summed E-state index contributed by atoms with van der Waals surface area (Å²) in [5.74, 6) is -0.641. The van der Waals surface area contributed by atoms with Crippen molar-refractivity contribution in [1.82, 2.24) is 4.72 Å². The van der Waals surface area contributed by atoms with E-state index in [4.69, 9.17) is 10.8 Å². The lowest BCUT2D eigenvalue weighted by molar-refractivity contribution is 0.249. The molecule has 0 aromatic heterocycles. The number of nitrogens with two attached hydrogens (primary N) is 1. The van der Waals surface area contributed by atoms with Gasteiger partial charge in [-0.3, -0.25) is 0 Å². The van der Waals surface area contributed by atoms with Crippen LogP contribution < -0.4 is 10.5 Å². The van der Waals surface area contributed by atoms with E-state index in [9.17, 15) is 12.8 Å². The van der Waals surface area contributed by atoms with E-state index in [1.54, 1.807) is 0 Å². The second-order valence-electron chi connectivity index (χ2n) is 4.98. The Kier molecular flexibility index (Phi) is 3.80. The van der Waals surface area contributed by atoms with Crippen molar-refractivity contribution in [3.05, 3.63) is 24.0 Å². The van der Waals surface area contributed by atoms with Crippen molar-refractivity contribution in [3.8, 4) is 0 Å². The summed E-state index contributed by atoms with van der Waals surface area (Å²) in [5.41, 5.74) is 5.05. The Morgan fingerprint density at radius 1 is 1.42 bits per heavy atom. The average molecular weight is 288 g/mol. The van der Waals surface area contributed by atoms with E-state index in [-0.39, 0.29) is 29.1 Å². The molecule has 0 bridgehead atoms. The number of nitrogens with one attached hydrogen (secondary N) is 1. The topological polar surface area (TPSA) is 92.4 Å². The van der Waals surface area contributed by atoms with Crippen molar-refractivity contribution in [1.29, 1.82) is 0 Å². The second kappa shape index (κ2) is 5.07. The summed E-state index contributed by atoms with van der Waals surface area (Å²) < 4.78 is 39.5. The maximum atomic E-state index is 13.0. The van der Waals surface area contributed by atoms with Crippen molar-refractivity contribution in [3.63, 3.8) is 0 Å². The van der Waals surface area contributed by atoms with Gasteiger partial charge in [-0.1, -0.05) is 0 Å². The van der Waals surface area contributed by atoms with Crippen LogP contribution in [0.25, 0.3) is 0 Å². The molecule has 0 saturated heterocycles. The fraction of sp³-hybridized carbons (Fsp3) is 0.500. The number of anilines is 1. The maximum Gasteiger partial charge on any atom is 0.240 e. The normalized spacial score (nSPS) is 17.4. The zero-order valence-electron chi connectivity index (χ0n) is 10.4. The molecule has 0 radical (unpaired) electrons. The molecule has 5 nitrogen and oxygen atoms in total. The number of benzene rings is 1. The molecule has 7 heteroatoms. The number of hydrogen-bond acceptors (Lipinski definition) is 4. The minimum absolute atomic E-state index is 0.0468. The molecule has 0 amide bonds. The fourth-order valence-electron chi connectivity index (χ4n) is 1.95. The molecule has 2 rings (SSSR count). The van der Waals surface area contributed by atoms with E-state index < -0.39 is 15.8 Å². The van der Waals surface area contributed by atoms with Crippen molar-refractivity contribution in [2.24, 2.45) is 5.41 Å². The van der Waals surface area contributed by atoms with E-state index in [0.717, 1.165) is 25.0 Å². The second-order valence-corrected chi connectivity index (χ2v) is 6.75. The van der Waals surface area contributed by atoms with Gasteiger partial charge in [0, 0.05) is 13.2 Å².